The summed E-state index contributed by atoms with van der Waals surface area (Å²) in [5, 5.41) is 5.82. The maximum Gasteiger partial charge on any atom is 0.339 e. The van der Waals surface area contributed by atoms with E-state index in [9.17, 15) is 9.59 Å². The van der Waals surface area contributed by atoms with E-state index in [0.717, 1.165) is 72.7 Å². The molecule has 0 unspecified atom stereocenters. The molecule has 6 heteroatoms. The summed E-state index contributed by atoms with van der Waals surface area (Å²) in [7, 11) is 0. The second kappa shape index (κ2) is 9.25. The first-order valence-electron chi connectivity index (χ1n) is 11.3. The summed E-state index contributed by atoms with van der Waals surface area (Å²) < 4.78 is 5.52. The van der Waals surface area contributed by atoms with Gasteiger partial charge in [-0.05, 0) is 66.8 Å². The fourth-order valence-corrected chi connectivity index (χ4v) is 5.48. The summed E-state index contributed by atoms with van der Waals surface area (Å²) in [4.78, 5) is 31.7. The molecule has 32 heavy (non-hydrogen) atoms. The van der Waals surface area contributed by atoms with Gasteiger partial charge in [0, 0.05) is 16.3 Å². The predicted molar refractivity (Wildman–Crippen MR) is 128 cm³/mol. The average Bonchev–Trinajstić information content (AvgIpc) is 3.51. The summed E-state index contributed by atoms with van der Waals surface area (Å²) in [6, 6.07) is 12.0. The molecule has 1 N–H and O–H groups in total. The summed E-state index contributed by atoms with van der Waals surface area (Å²) >= 11 is 1.69. The van der Waals surface area contributed by atoms with E-state index in [2.05, 4.69) is 22.8 Å². The molecule has 2 aliphatic rings. The molecule has 164 valence electrons. The predicted octanol–water partition coefficient (Wildman–Crippen LogP) is 5.39. The van der Waals surface area contributed by atoms with Crippen molar-refractivity contribution in [3.63, 3.8) is 0 Å². The molecule has 1 amide bonds. The van der Waals surface area contributed by atoms with E-state index in [1.807, 2.05) is 30.3 Å². The quantitative estimate of drug-likeness (QED) is 0.534. The number of nitrogens with zero attached hydrogens (tertiary/aromatic N) is 1. The lowest BCUT2D eigenvalue weighted by Gasteiger charge is -2.22. The number of esters is 1. The van der Waals surface area contributed by atoms with E-state index in [1.54, 1.807) is 11.3 Å². The summed E-state index contributed by atoms with van der Waals surface area (Å²) in [5.74, 6) is -0.672. The minimum Gasteiger partial charge on any atom is -0.452 e. The molecule has 1 fully saturated rings. The number of pyridine rings is 1. The highest BCUT2D eigenvalue weighted by molar-refractivity contribution is 7.10. The van der Waals surface area contributed by atoms with Gasteiger partial charge in [0.2, 0.25) is 0 Å². The van der Waals surface area contributed by atoms with Gasteiger partial charge in [-0.2, -0.15) is 0 Å². The van der Waals surface area contributed by atoms with Gasteiger partial charge >= 0.3 is 5.97 Å². The largest absolute Gasteiger partial charge is 0.452 e. The third-order valence-electron chi connectivity index (χ3n) is 6.29. The van der Waals surface area contributed by atoms with Crippen molar-refractivity contribution in [2.24, 2.45) is 0 Å². The third-order valence-corrected chi connectivity index (χ3v) is 7.11. The van der Waals surface area contributed by atoms with Crippen molar-refractivity contribution in [3.8, 4) is 0 Å². The maximum absolute atomic E-state index is 13.2. The number of para-hydroxylation sites is 1. The van der Waals surface area contributed by atoms with Crippen LogP contribution in [0.1, 0.15) is 65.0 Å². The van der Waals surface area contributed by atoms with Crippen molar-refractivity contribution in [1.82, 2.24) is 10.3 Å². The van der Waals surface area contributed by atoms with Crippen LogP contribution in [0, 0.1) is 0 Å². The molecule has 0 bridgehead atoms. The van der Waals surface area contributed by atoms with E-state index in [4.69, 9.17) is 9.72 Å². The highest BCUT2D eigenvalue weighted by Crippen LogP contribution is 2.36. The zero-order valence-electron chi connectivity index (χ0n) is 17.9. The Balaban J connectivity index is 1.46. The van der Waals surface area contributed by atoms with Crippen molar-refractivity contribution in [2.75, 3.05) is 6.61 Å². The van der Waals surface area contributed by atoms with Gasteiger partial charge in [-0.15, -0.1) is 11.3 Å². The minimum atomic E-state index is -0.446. The number of aromatic nitrogens is 1. The molecule has 0 atom stereocenters. The number of thiophene rings is 1. The van der Waals surface area contributed by atoms with Gasteiger partial charge in [-0.3, -0.25) is 4.79 Å². The van der Waals surface area contributed by atoms with Crippen molar-refractivity contribution >= 4 is 45.8 Å². The number of amides is 1. The van der Waals surface area contributed by atoms with Crippen LogP contribution in [-0.4, -0.2) is 29.5 Å². The number of ether oxygens (including phenoxy) is 1. The fourth-order valence-electron chi connectivity index (χ4n) is 4.80. The highest BCUT2D eigenvalue weighted by Gasteiger charge is 2.27. The fraction of sp³-hybridized carbons (Fsp3) is 0.346. The van der Waals surface area contributed by atoms with Gasteiger partial charge in [0.15, 0.2) is 6.61 Å². The van der Waals surface area contributed by atoms with Crippen LogP contribution >= 0.6 is 11.3 Å². The Hall–Kier alpha value is -2.99. The first-order valence-corrected chi connectivity index (χ1v) is 12.2. The van der Waals surface area contributed by atoms with Crippen molar-refractivity contribution in [3.05, 3.63) is 63.5 Å². The molecule has 1 saturated carbocycles. The average molecular weight is 447 g/mol. The number of carbonyl (C=O) groups excluding carboxylic acids is 2. The van der Waals surface area contributed by atoms with Crippen LogP contribution in [0.15, 0.2) is 41.8 Å². The van der Waals surface area contributed by atoms with Crippen molar-refractivity contribution < 1.29 is 14.3 Å². The summed E-state index contributed by atoms with van der Waals surface area (Å²) in [5.41, 5.74) is 4.28. The number of benzene rings is 1. The molecule has 5 nitrogen and oxygen atoms in total. The van der Waals surface area contributed by atoms with Gasteiger partial charge < -0.3 is 10.1 Å². The van der Waals surface area contributed by atoms with E-state index in [1.165, 1.54) is 4.88 Å². The number of allylic oxidation sites excluding steroid dienone is 1. The molecule has 2 heterocycles. The monoisotopic (exact) mass is 446 g/mol. The number of rotatable bonds is 5. The van der Waals surface area contributed by atoms with Gasteiger partial charge in [0.1, 0.15) is 0 Å². The number of nitrogens with one attached hydrogen (secondary N) is 1. The second-order valence-corrected chi connectivity index (χ2v) is 9.47. The molecule has 2 aromatic heterocycles. The molecule has 0 spiro atoms. The lowest BCUT2D eigenvalue weighted by molar-refractivity contribution is -0.124. The van der Waals surface area contributed by atoms with Crippen LogP contribution in [0.5, 0.6) is 0 Å². The van der Waals surface area contributed by atoms with Crippen LogP contribution in [0.25, 0.3) is 22.6 Å². The first-order chi connectivity index (χ1) is 15.7. The van der Waals surface area contributed by atoms with E-state index < -0.39 is 5.97 Å². The maximum atomic E-state index is 13.2. The Morgan fingerprint density at radius 1 is 1.09 bits per heavy atom. The van der Waals surface area contributed by atoms with Gasteiger partial charge in [-0.25, -0.2) is 9.78 Å². The third kappa shape index (κ3) is 4.32. The van der Waals surface area contributed by atoms with Crippen molar-refractivity contribution in [2.45, 2.75) is 51.0 Å². The zero-order valence-corrected chi connectivity index (χ0v) is 18.7. The van der Waals surface area contributed by atoms with Crippen molar-refractivity contribution in [1.29, 1.82) is 0 Å². The van der Waals surface area contributed by atoms with Crippen LogP contribution in [0.2, 0.25) is 0 Å². The molecular weight excluding hydrogens is 420 g/mol. The molecule has 2 aliphatic carbocycles. The zero-order chi connectivity index (χ0) is 21.9. The lowest BCUT2D eigenvalue weighted by atomic mass is 9.86. The number of carbonyl (C=O) groups is 2. The smallest absolute Gasteiger partial charge is 0.339 e. The molecule has 3 aromatic rings. The number of hydrogen-bond acceptors (Lipinski definition) is 5. The standard InChI is InChI=1S/C26H26N2O3S/c29-23(27-18-8-1-2-9-18)16-31-26(30)24-20-11-3-4-13-22(20)28-25-17(7-5-12-21(24)25)15-19-10-6-14-32-19/h3-4,6,10-11,13-15,18H,1-2,5,7-9,12,16H2,(H,27,29). The minimum absolute atomic E-state index is 0.209. The topological polar surface area (TPSA) is 68.3 Å². The Labute approximate surface area is 191 Å². The Bertz CT molecular complexity index is 1180. The van der Waals surface area contributed by atoms with Crippen LogP contribution in [-0.2, 0) is 16.0 Å². The molecular formula is C26H26N2O3S. The molecule has 0 radical (unpaired) electrons. The Morgan fingerprint density at radius 3 is 2.75 bits per heavy atom. The van der Waals surface area contributed by atoms with E-state index in [0.29, 0.717) is 5.56 Å². The van der Waals surface area contributed by atoms with Gasteiger partial charge in [-0.1, -0.05) is 37.1 Å². The number of hydrogen-bond donors (Lipinski definition) is 1. The normalized spacial score (nSPS) is 17.4. The molecule has 0 saturated heterocycles. The van der Waals surface area contributed by atoms with Gasteiger partial charge in [0.05, 0.1) is 16.8 Å². The van der Waals surface area contributed by atoms with Crippen LogP contribution in [0.4, 0.5) is 0 Å². The SMILES string of the molecule is O=C(COC(=O)c1c2c(nc3ccccc13)C(=Cc1cccs1)CCC2)NC1CCCC1. The molecule has 5 rings (SSSR count). The van der Waals surface area contributed by atoms with E-state index in [-0.39, 0.29) is 18.6 Å². The van der Waals surface area contributed by atoms with Gasteiger partial charge in [0.25, 0.3) is 5.91 Å². The van der Waals surface area contributed by atoms with E-state index >= 15 is 0 Å². The van der Waals surface area contributed by atoms with Crippen LogP contribution < -0.4 is 5.32 Å². The summed E-state index contributed by atoms with van der Waals surface area (Å²) in [6.07, 6.45) is 9.11. The molecule has 0 aliphatic heterocycles. The highest BCUT2D eigenvalue weighted by atomic mass is 32.1. The summed E-state index contributed by atoms with van der Waals surface area (Å²) in [6.45, 7) is -0.251. The molecule has 1 aromatic carbocycles. The number of fused-ring (bicyclic) bond motifs is 2. The van der Waals surface area contributed by atoms with Crippen LogP contribution in [0.3, 0.4) is 0 Å². The Kier molecular flexibility index (Phi) is 6.04. The lowest BCUT2D eigenvalue weighted by Crippen LogP contribution is -2.36. The first kappa shape index (κ1) is 20.9. The second-order valence-electron chi connectivity index (χ2n) is 8.49. The Morgan fingerprint density at radius 2 is 1.94 bits per heavy atom.